The molecule has 1 heterocycles. The van der Waals surface area contributed by atoms with Gasteiger partial charge in [-0.3, -0.25) is 9.89 Å². The molecule has 0 fully saturated rings. The number of aromatic nitrogens is 3. The zero-order valence-corrected chi connectivity index (χ0v) is 11.1. The molecular weight excluding hydrogens is 244 g/mol. The summed E-state index contributed by atoms with van der Waals surface area (Å²) in [6.45, 7) is 5.46. The van der Waals surface area contributed by atoms with Gasteiger partial charge in [0.25, 0.3) is 5.91 Å². The lowest BCUT2D eigenvalue weighted by Gasteiger charge is -2.24. The largest absolute Gasteiger partial charge is 0.508 e. The van der Waals surface area contributed by atoms with Crippen molar-refractivity contribution in [3.8, 4) is 5.75 Å². The first kappa shape index (κ1) is 13.1. The number of phenolic OH excluding ortho intramolecular Hbond substituents is 1. The van der Waals surface area contributed by atoms with Crippen molar-refractivity contribution in [3.05, 3.63) is 41.5 Å². The summed E-state index contributed by atoms with van der Waals surface area (Å²) in [7, 11) is 0. The van der Waals surface area contributed by atoms with Crippen molar-refractivity contribution in [1.82, 2.24) is 20.5 Å². The molecule has 0 unspecified atom stereocenters. The molecule has 19 heavy (non-hydrogen) atoms. The summed E-state index contributed by atoms with van der Waals surface area (Å²) in [6.07, 6.45) is 1.39. The molecule has 0 spiro atoms. The van der Waals surface area contributed by atoms with Crippen LogP contribution in [0.5, 0.6) is 5.75 Å². The van der Waals surface area contributed by atoms with Crippen LogP contribution in [0.2, 0.25) is 0 Å². The van der Waals surface area contributed by atoms with Gasteiger partial charge < -0.3 is 10.4 Å². The highest BCUT2D eigenvalue weighted by Crippen LogP contribution is 2.19. The molecule has 0 atom stereocenters. The number of aromatic amines is 1. The van der Waals surface area contributed by atoms with Crippen molar-refractivity contribution in [2.75, 3.05) is 0 Å². The van der Waals surface area contributed by atoms with E-state index in [0.717, 1.165) is 5.56 Å². The highest BCUT2D eigenvalue weighted by atomic mass is 16.3. The summed E-state index contributed by atoms with van der Waals surface area (Å²) < 4.78 is 0. The van der Waals surface area contributed by atoms with E-state index < -0.39 is 5.54 Å². The van der Waals surface area contributed by atoms with E-state index in [4.69, 9.17) is 0 Å². The van der Waals surface area contributed by atoms with Crippen molar-refractivity contribution in [2.45, 2.75) is 26.3 Å². The molecule has 0 aliphatic rings. The second-order valence-electron chi connectivity index (χ2n) is 4.91. The molecule has 3 N–H and O–H groups in total. The van der Waals surface area contributed by atoms with Gasteiger partial charge in [0.05, 0.1) is 5.54 Å². The Labute approximate surface area is 110 Å². The lowest BCUT2D eigenvalue weighted by Crippen LogP contribution is -2.42. The van der Waals surface area contributed by atoms with Gasteiger partial charge in [0.15, 0.2) is 0 Å². The number of carbonyl (C=O) groups excluding carboxylic acids is 1. The lowest BCUT2D eigenvalue weighted by molar-refractivity contribution is 0.0907. The number of nitrogens with one attached hydrogen (secondary N) is 2. The standard InChI is InChI=1S/C13H16N4O2/c1-8-4-5-9(18)6-10(8)11(19)16-13(2,3)12-14-7-15-17-12/h4-7,18H,1-3H3,(H,16,19)(H,14,15,17). The van der Waals surface area contributed by atoms with Crippen LogP contribution in [0, 0.1) is 6.92 Å². The summed E-state index contributed by atoms with van der Waals surface area (Å²) >= 11 is 0. The molecule has 2 rings (SSSR count). The van der Waals surface area contributed by atoms with E-state index in [1.54, 1.807) is 12.1 Å². The van der Waals surface area contributed by atoms with Crippen LogP contribution in [0.25, 0.3) is 0 Å². The highest BCUT2D eigenvalue weighted by molar-refractivity contribution is 5.96. The summed E-state index contributed by atoms with van der Waals surface area (Å²) in [5.74, 6) is 0.363. The summed E-state index contributed by atoms with van der Waals surface area (Å²) in [5.41, 5.74) is 0.558. The quantitative estimate of drug-likeness (QED) is 0.779. The fraction of sp³-hybridized carbons (Fsp3) is 0.308. The molecule has 2 aromatic rings. The Hall–Kier alpha value is -2.37. The van der Waals surface area contributed by atoms with E-state index in [1.807, 2.05) is 20.8 Å². The minimum Gasteiger partial charge on any atom is -0.508 e. The minimum absolute atomic E-state index is 0.0632. The van der Waals surface area contributed by atoms with Crippen LogP contribution in [0.4, 0.5) is 0 Å². The number of benzene rings is 1. The zero-order valence-electron chi connectivity index (χ0n) is 11.1. The average molecular weight is 260 g/mol. The van der Waals surface area contributed by atoms with Gasteiger partial charge in [-0.05, 0) is 38.5 Å². The number of amides is 1. The van der Waals surface area contributed by atoms with Crippen LogP contribution in [-0.4, -0.2) is 26.2 Å². The van der Waals surface area contributed by atoms with E-state index in [9.17, 15) is 9.90 Å². The maximum Gasteiger partial charge on any atom is 0.252 e. The number of carbonyl (C=O) groups is 1. The van der Waals surface area contributed by atoms with Gasteiger partial charge >= 0.3 is 0 Å². The summed E-state index contributed by atoms with van der Waals surface area (Å²) in [6, 6.07) is 4.69. The Morgan fingerprint density at radius 3 is 2.79 bits per heavy atom. The second-order valence-corrected chi connectivity index (χ2v) is 4.91. The van der Waals surface area contributed by atoms with Crippen LogP contribution in [0.15, 0.2) is 24.5 Å². The van der Waals surface area contributed by atoms with Crippen molar-refractivity contribution < 1.29 is 9.90 Å². The summed E-state index contributed by atoms with van der Waals surface area (Å²) in [4.78, 5) is 16.3. The molecule has 6 nitrogen and oxygen atoms in total. The smallest absolute Gasteiger partial charge is 0.252 e. The Balaban J connectivity index is 2.24. The molecule has 1 aromatic carbocycles. The van der Waals surface area contributed by atoms with Crippen LogP contribution in [0.1, 0.15) is 35.6 Å². The molecule has 1 amide bonds. The van der Waals surface area contributed by atoms with E-state index in [2.05, 4.69) is 20.5 Å². The van der Waals surface area contributed by atoms with Crippen molar-refractivity contribution in [1.29, 1.82) is 0 Å². The SMILES string of the molecule is Cc1ccc(O)cc1C(=O)NC(C)(C)c1ncn[nH]1. The monoisotopic (exact) mass is 260 g/mol. The molecule has 0 bridgehead atoms. The van der Waals surface area contributed by atoms with Crippen LogP contribution < -0.4 is 5.32 Å². The number of aromatic hydroxyl groups is 1. The maximum atomic E-state index is 12.2. The predicted molar refractivity (Wildman–Crippen MR) is 69.7 cm³/mol. The van der Waals surface area contributed by atoms with Gasteiger partial charge in [0, 0.05) is 5.56 Å². The Kier molecular flexibility index (Phi) is 3.25. The third kappa shape index (κ3) is 2.73. The molecule has 0 aliphatic carbocycles. The number of rotatable bonds is 3. The number of phenols is 1. The van der Waals surface area contributed by atoms with Gasteiger partial charge in [0.1, 0.15) is 17.9 Å². The summed E-state index contributed by atoms with van der Waals surface area (Å²) in [5, 5.41) is 18.8. The van der Waals surface area contributed by atoms with Gasteiger partial charge in [-0.1, -0.05) is 6.07 Å². The minimum atomic E-state index is -0.675. The van der Waals surface area contributed by atoms with Crippen molar-refractivity contribution >= 4 is 5.91 Å². The third-order valence-electron chi connectivity index (χ3n) is 2.90. The van der Waals surface area contributed by atoms with Gasteiger partial charge in [0.2, 0.25) is 0 Å². The number of hydrogen-bond donors (Lipinski definition) is 3. The number of nitrogens with zero attached hydrogens (tertiary/aromatic N) is 2. The molecule has 1 aromatic heterocycles. The van der Waals surface area contributed by atoms with Gasteiger partial charge in [-0.25, -0.2) is 4.98 Å². The number of aryl methyl sites for hydroxylation is 1. The van der Waals surface area contributed by atoms with E-state index >= 15 is 0 Å². The van der Waals surface area contributed by atoms with E-state index in [-0.39, 0.29) is 11.7 Å². The first-order valence-corrected chi connectivity index (χ1v) is 5.88. The van der Waals surface area contributed by atoms with E-state index in [1.165, 1.54) is 12.4 Å². The van der Waals surface area contributed by atoms with Gasteiger partial charge in [-0.2, -0.15) is 5.10 Å². The Bertz CT molecular complexity index is 591. The predicted octanol–water partition coefficient (Wildman–Crippen LogP) is 1.48. The molecule has 100 valence electrons. The molecule has 6 heteroatoms. The molecule has 0 radical (unpaired) electrons. The molecule has 0 aliphatic heterocycles. The first-order chi connectivity index (χ1) is 8.90. The van der Waals surface area contributed by atoms with Crippen LogP contribution in [0.3, 0.4) is 0 Å². The fourth-order valence-corrected chi connectivity index (χ4v) is 1.77. The topological polar surface area (TPSA) is 90.9 Å². The maximum absolute atomic E-state index is 12.2. The first-order valence-electron chi connectivity index (χ1n) is 5.88. The normalized spacial score (nSPS) is 11.3. The number of H-pyrrole nitrogens is 1. The average Bonchev–Trinajstić information content (AvgIpc) is 2.86. The number of hydrogen-bond acceptors (Lipinski definition) is 4. The Morgan fingerprint density at radius 2 is 2.16 bits per heavy atom. The highest BCUT2D eigenvalue weighted by Gasteiger charge is 2.26. The zero-order chi connectivity index (χ0) is 14.0. The second kappa shape index (κ2) is 4.72. The fourth-order valence-electron chi connectivity index (χ4n) is 1.77. The Morgan fingerprint density at radius 1 is 1.42 bits per heavy atom. The molecule has 0 saturated heterocycles. The van der Waals surface area contributed by atoms with Crippen LogP contribution in [-0.2, 0) is 5.54 Å². The third-order valence-corrected chi connectivity index (χ3v) is 2.90. The van der Waals surface area contributed by atoms with Crippen molar-refractivity contribution in [3.63, 3.8) is 0 Å². The van der Waals surface area contributed by atoms with Gasteiger partial charge in [-0.15, -0.1) is 0 Å². The molecule has 0 saturated carbocycles. The molecular formula is C13H16N4O2. The van der Waals surface area contributed by atoms with Crippen molar-refractivity contribution in [2.24, 2.45) is 0 Å². The van der Waals surface area contributed by atoms with E-state index in [0.29, 0.717) is 11.4 Å². The lowest BCUT2D eigenvalue weighted by atomic mass is 10.0. The van der Waals surface area contributed by atoms with Crippen LogP contribution >= 0.6 is 0 Å².